The van der Waals surface area contributed by atoms with Gasteiger partial charge in [-0.25, -0.2) is 8.78 Å². The molecule has 1 aliphatic rings. The highest BCUT2D eigenvalue weighted by Gasteiger charge is 2.55. The lowest BCUT2D eigenvalue weighted by atomic mass is 9.81. The van der Waals surface area contributed by atoms with Crippen molar-refractivity contribution in [1.29, 1.82) is 0 Å². The molecule has 0 aliphatic carbocycles. The lowest BCUT2D eigenvalue weighted by Crippen LogP contribution is -2.39. The standard InChI is InChI=1S/C8H13F2NOS/c1-5-6(13)11(2)7(12)8(5,3-9)4-10/h5-6,13H,3-4H2,1-2H3. The highest BCUT2D eigenvalue weighted by molar-refractivity contribution is 7.80. The van der Waals surface area contributed by atoms with E-state index in [1.165, 1.54) is 11.9 Å². The summed E-state index contributed by atoms with van der Waals surface area (Å²) >= 11 is 4.13. The summed E-state index contributed by atoms with van der Waals surface area (Å²) in [4.78, 5) is 12.8. The van der Waals surface area contributed by atoms with Crippen molar-refractivity contribution in [3.05, 3.63) is 0 Å². The normalized spacial score (nSPS) is 32.7. The average molecular weight is 209 g/mol. The Bertz CT molecular complexity index is 220. The fourth-order valence-electron chi connectivity index (χ4n) is 1.68. The molecule has 0 N–H and O–H groups in total. The third kappa shape index (κ3) is 1.24. The molecule has 2 nitrogen and oxygen atoms in total. The number of hydrogen-bond acceptors (Lipinski definition) is 2. The summed E-state index contributed by atoms with van der Waals surface area (Å²) in [5, 5.41) is -0.390. The molecule has 0 aromatic carbocycles. The maximum atomic E-state index is 12.7. The van der Waals surface area contributed by atoms with Crippen LogP contribution in [0, 0.1) is 11.3 Å². The summed E-state index contributed by atoms with van der Waals surface area (Å²) in [7, 11) is 1.52. The van der Waals surface area contributed by atoms with Crippen LogP contribution in [0.1, 0.15) is 6.92 Å². The van der Waals surface area contributed by atoms with Gasteiger partial charge in [0.05, 0.1) is 5.37 Å². The number of halogens is 2. The predicted molar refractivity (Wildman–Crippen MR) is 49.1 cm³/mol. The Kier molecular flexibility index (Phi) is 2.85. The molecule has 5 heteroatoms. The molecule has 2 unspecified atom stereocenters. The molecule has 1 heterocycles. The molecular formula is C8H13F2NOS. The number of nitrogens with zero attached hydrogens (tertiary/aromatic N) is 1. The van der Waals surface area contributed by atoms with Crippen LogP contribution < -0.4 is 0 Å². The molecular weight excluding hydrogens is 196 g/mol. The lowest BCUT2D eigenvalue weighted by Gasteiger charge is -2.23. The largest absolute Gasteiger partial charge is 0.333 e. The van der Waals surface area contributed by atoms with Gasteiger partial charge >= 0.3 is 0 Å². The SMILES string of the molecule is CC1C(S)N(C)C(=O)C1(CF)CF. The van der Waals surface area contributed by atoms with E-state index in [0.717, 1.165) is 0 Å². The minimum absolute atomic E-state index is 0.390. The summed E-state index contributed by atoms with van der Waals surface area (Å²) in [5.41, 5.74) is -1.48. The Morgan fingerprint density at radius 3 is 2.15 bits per heavy atom. The van der Waals surface area contributed by atoms with Gasteiger partial charge < -0.3 is 4.90 Å². The highest BCUT2D eigenvalue weighted by Crippen LogP contribution is 2.42. The van der Waals surface area contributed by atoms with Crippen molar-refractivity contribution in [2.75, 3.05) is 20.4 Å². The van der Waals surface area contributed by atoms with Crippen LogP contribution in [0.15, 0.2) is 0 Å². The number of amides is 1. The van der Waals surface area contributed by atoms with E-state index >= 15 is 0 Å². The Labute approximate surface area is 81.7 Å². The van der Waals surface area contributed by atoms with Crippen molar-refractivity contribution in [2.24, 2.45) is 11.3 Å². The molecule has 1 aliphatic heterocycles. The van der Waals surface area contributed by atoms with Gasteiger partial charge in [0.1, 0.15) is 18.8 Å². The Hall–Kier alpha value is -0.320. The summed E-state index contributed by atoms with van der Waals surface area (Å²) < 4.78 is 25.4. The van der Waals surface area contributed by atoms with Crippen LogP contribution in [-0.2, 0) is 4.79 Å². The predicted octanol–water partition coefficient (Wildman–Crippen LogP) is 1.28. The van der Waals surface area contributed by atoms with Gasteiger partial charge in [-0.05, 0) is 0 Å². The molecule has 1 amide bonds. The number of likely N-dealkylation sites (tertiary alicyclic amines) is 1. The van der Waals surface area contributed by atoms with Gasteiger partial charge in [0.15, 0.2) is 0 Å². The first-order chi connectivity index (χ1) is 6.01. The molecule has 76 valence electrons. The molecule has 0 bridgehead atoms. The fraction of sp³-hybridized carbons (Fsp3) is 0.875. The van der Waals surface area contributed by atoms with Crippen molar-refractivity contribution in [2.45, 2.75) is 12.3 Å². The first-order valence-corrected chi connectivity index (χ1v) is 4.60. The van der Waals surface area contributed by atoms with Crippen LogP contribution in [0.3, 0.4) is 0 Å². The van der Waals surface area contributed by atoms with Gasteiger partial charge in [0.25, 0.3) is 0 Å². The summed E-state index contributed by atoms with van der Waals surface area (Å²) in [6.45, 7) is -0.256. The molecule has 1 rings (SSSR count). The minimum atomic E-state index is -1.48. The van der Waals surface area contributed by atoms with Crippen molar-refractivity contribution >= 4 is 18.5 Å². The molecule has 0 aromatic rings. The fourth-order valence-corrected chi connectivity index (χ4v) is 2.07. The van der Waals surface area contributed by atoms with E-state index < -0.39 is 30.6 Å². The Morgan fingerprint density at radius 1 is 1.54 bits per heavy atom. The lowest BCUT2D eigenvalue weighted by molar-refractivity contribution is -0.137. The van der Waals surface area contributed by atoms with E-state index in [0.29, 0.717) is 0 Å². The maximum Gasteiger partial charge on any atom is 0.235 e. The number of carbonyl (C=O) groups excluding carboxylic acids is 1. The molecule has 0 radical (unpaired) electrons. The van der Waals surface area contributed by atoms with Gasteiger partial charge in [-0.1, -0.05) is 6.92 Å². The van der Waals surface area contributed by atoms with Crippen LogP contribution in [0.25, 0.3) is 0 Å². The third-order valence-corrected chi connectivity index (χ3v) is 3.73. The number of thiol groups is 1. The van der Waals surface area contributed by atoms with Crippen molar-refractivity contribution in [3.63, 3.8) is 0 Å². The van der Waals surface area contributed by atoms with Crippen LogP contribution in [-0.4, -0.2) is 36.6 Å². The monoisotopic (exact) mass is 209 g/mol. The second kappa shape index (κ2) is 3.44. The first-order valence-electron chi connectivity index (χ1n) is 4.08. The zero-order chi connectivity index (χ0) is 10.2. The smallest absolute Gasteiger partial charge is 0.235 e. The van der Waals surface area contributed by atoms with Gasteiger partial charge in [-0.15, -0.1) is 0 Å². The maximum absolute atomic E-state index is 12.7. The van der Waals surface area contributed by atoms with E-state index in [1.807, 2.05) is 0 Å². The van der Waals surface area contributed by atoms with E-state index in [-0.39, 0.29) is 5.37 Å². The molecule has 0 saturated carbocycles. The minimum Gasteiger partial charge on any atom is -0.333 e. The third-order valence-electron chi connectivity index (χ3n) is 2.94. The van der Waals surface area contributed by atoms with Crippen molar-refractivity contribution in [3.8, 4) is 0 Å². The highest BCUT2D eigenvalue weighted by atomic mass is 32.1. The van der Waals surface area contributed by atoms with E-state index in [4.69, 9.17) is 0 Å². The topological polar surface area (TPSA) is 20.3 Å². The number of hydrogen-bond donors (Lipinski definition) is 1. The second-order valence-corrected chi connectivity index (χ2v) is 4.07. The average Bonchev–Trinajstić information content (AvgIpc) is 2.31. The van der Waals surface area contributed by atoms with E-state index in [1.54, 1.807) is 6.92 Å². The Balaban J connectivity index is 3.04. The summed E-state index contributed by atoms with van der Waals surface area (Å²) in [6.07, 6.45) is 0. The number of rotatable bonds is 2. The van der Waals surface area contributed by atoms with E-state index in [2.05, 4.69) is 12.6 Å². The van der Waals surface area contributed by atoms with Crippen molar-refractivity contribution < 1.29 is 13.6 Å². The van der Waals surface area contributed by atoms with Crippen LogP contribution >= 0.6 is 12.6 Å². The van der Waals surface area contributed by atoms with Gasteiger partial charge in [0, 0.05) is 13.0 Å². The number of carbonyl (C=O) groups is 1. The summed E-state index contributed by atoms with van der Waals surface area (Å²) in [6, 6.07) is 0. The van der Waals surface area contributed by atoms with Crippen LogP contribution in [0.2, 0.25) is 0 Å². The molecule has 13 heavy (non-hydrogen) atoms. The Morgan fingerprint density at radius 2 is 2.00 bits per heavy atom. The molecule has 0 aromatic heterocycles. The zero-order valence-electron chi connectivity index (χ0n) is 7.63. The zero-order valence-corrected chi connectivity index (χ0v) is 8.52. The molecule has 0 spiro atoms. The second-order valence-electron chi connectivity index (χ2n) is 3.54. The molecule has 2 atom stereocenters. The van der Waals surface area contributed by atoms with Gasteiger partial charge in [-0.2, -0.15) is 12.6 Å². The molecule has 1 saturated heterocycles. The summed E-state index contributed by atoms with van der Waals surface area (Å²) in [5.74, 6) is -0.881. The van der Waals surface area contributed by atoms with Gasteiger partial charge in [-0.3, -0.25) is 4.79 Å². The van der Waals surface area contributed by atoms with Crippen molar-refractivity contribution in [1.82, 2.24) is 4.90 Å². The quantitative estimate of drug-likeness (QED) is 0.679. The van der Waals surface area contributed by atoms with Crippen LogP contribution in [0.5, 0.6) is 0 Å². The van der Waals surface area contributed by atoms with E-state index in [9.17, 15) is 13.6 Å². The first kappa shape index (κ1) is 10.8. The van der Waals surface area contributed by atoms with Crippen LogP contribution in [0.4, 0.5) is 8.78 Å². The number of alkyl halides is 2. The van der Waals surface area contributed by atoms with Gasteiger partial charge in [0.2, 0.25) is 5.91 Å². The molecule has 1 fully saturated rings.